The molecule has 3 atom stereocenters. The van der Waals surface area contributed by atoms with Crippen molar-refractivity contribution in [3.63, 3.8) is 0 Å². The van der Waals surface area contributed by atoms with Gasteiger partial charge in [-0.15, -0.1) is 0 Å². The maximum Gasteiger partial charge on any atom is 0.343 e. The highest BCUT2D eigenvalue weighted by Crippen LogP contribution is 2.55. The molecule has 2 heterocycles. The van der Waals surface area contributed by atoms with Crippen molar-refractivity contribution < 1.29 is 23.9 Å². The Hall–Kier alpha value is -3.03. The van der Waals surface area contributed by atoms with E-state index in [0.29, 0.717) is 38.2 Å². The largest absolute Gasteiger partial charge is 0.482 e. The Morgan fingerprint density at radius 3 is 2.58 bits per heavy atom. The molecule has 2 aliphatic rings. The van der Waals surface area contributed by atoms with Gasteiger partial charge in [-0.2, -0.15) is 0 Å². The van der Waals surface area contributed by atoms with E-state index in [2.05, 4.69) is 21.9 Å². The van der Waals surface area contributed by atoms with Crippen LogP contribution in [0.15, 0.2) is 48.6 Å². The highest BCUT2D eigenvalue weighted by molar-refractivity contribution is 6.31. The van der Waals surface area contributed by atoms with E-state index in [0.717, 1.165) is 0 Å². The zero-order valence-electron chi connectivity index (χ0n) is 18.0. The van der Waals surface area contributed by atoms with E-state index in [1.54, 1.807) is 43.3 Å². The normalized spacial score (nSPS) is 23.5. The van der Waals surface area contributed by atoms with Gasteiger partial charge >= 0.3 is 5.97 Å². The molecule has 4 rings (SSSR count). The van der Waals surface area contributed by atoms with Crippen LogP contribution in [-0.2, 0) is 24.5 Å². The number of piperidine rings is 1. The van der Waals surface area contributed by atoms with Gasteiger partial charge in [-0.05, 0) is 42.8 Å². The maximum absolute atomic E-state index is 13.7. The Balaban J connectivity index is 1.95. The average molecular weight is 489 g/mol. The van der Waals surface area contributed by atoms with Crippen molar-refractivity contribution >= 4 is 46.7 Å². The number of carbonyl (C=O) groups is 3. The lowest BCUT2D eigenvalue weighted by Crippen LogP contribution is -2.62. The van der Waals surface area contributed by atoms with Crippen LogP contribution in [0.2, 0.25) is 10.0 Å². The molecule has 2 N–H and O–H groups in total. The highest BCUT2D eigenvalue weighted by Gasteiger charge is 2.61. The number of benzene rings is 2. The first kappa shape index (κ1) is 23.1. The van der Waals surface area contributed by atoms with Gasteiger partial charge in [0.05, 0.1) is 13.2 Å². The van der Waals surface area contributed by atoms with E-state index >= 15 is 0 Å². The van der Waals surface area contributed by atoms with E-state index in [4.69, 9.17) is 27.9 Å². The Bertz CT molecular complexity index is 1180. The minimum atomic E-state index is -1.23. The number of amides is 2. The smallest absolute Gasteiger partial charge is 0.343 e. The number of hydrogen-bond donors (Lipinski definition) is 2. The zero-order valence-corrected chi connectivity index (χ0v) is 19.5. The zero-order chi connectivity index (χ0) is 23.9. The molecule has 2 aromatic rings. The molecule has 1 spiro atoms. The van der Waals surface area contributed by atoms with Crippen molar-refractivity contribution in [3.8, 4) is 5.75 Å². The lowest BCUT2D eigenvalue weighted by molar-refractivity contribution is -0.143. The summed E-state index contributed by atoms with van der Waals surface area (Å²) in [5, 5.41) is 6.75. The van der Waals surface area contributed by atoms with Gasteiger partial charge in [-0.1, -0.05) is 41.4 Å². The summed E-state index contributed by atoms with van der Waals surface area (Å²) in [5.74, 6) is -1.43. The standard InChI is InChI=1S/C24H22Cl2N2O5/c1-12(2)22-24(16-6-4-14(26)9-18(16)27-23(24)31)17(10-20(29)28-22)15-8-13(25)5-7-19(15)33-11-21(30)32-3/h4-9,17,22H,1,10-11H2,2-3H3,(H,27,31)(H,28,29)/t17-,22+,24-/m0/s1. The SMILES string of the molecule is C=C(C)[C@H]1NC(=O)C[C@@H](c2cc(Cl)ccc2OCC(=O)OC)[C@]12C(=O)Nc1cc(Cl)ccc12. The third kappa shape index (κ3) is 3.85. The molecule has 0 aliphatic carbocycles. The van der Waals surface area contributed by atoms with Crippen LogP contribution < -0.4 is 15.4 Å². The first-order valence-electron chi connectivity index (χ1n) is 10.2. The first-order valence-corrected chi connectivity index (χ1v) is 11.0. The lowest BCUT2D eigenvalue weighted by Gasteiger charge is -2.46. The summed E-state index contributed by atoms with van der Waals surface area (Å²) in [5.41, 5.74) is 1.18. The third-order valence-electron chi connectivity index (χ3n) is 6.16. The number of anilines is 1. The molecule has 0 aromatic heterocycles. The molecular formula is C24H22Cl2N2O5. The summed E-state index contributed by atoms with van der Waals surface area (Å²) < 4.78 is 10.4. The molecule has 0 radical (unpaired) electrons. The van der Waals surface area contributed by atoms with Gasteiger partial charge in [0.15, 0.2) is 6.61 Å². The predicted molar refractivity (Wildman–Crippen MR) is 125 cm³/mol. The van der Waals surface area contributed by atoms with Crippen LogP contribution in [0.3, 0.4) is 0 Å². The second kappa shape index (κ2) is 8.72. The molecule has 0 saturated carbocycles. The van der Waals surface area contributed by atoms with Crippen LogP contribution in [-0.4, -0.2) is 37.5 Å². The Kier molecular flexibility index (Phi) is 6.12. The van der Waals surface area contributed by atoms with Crippen LogP contribution in [0, 0.1) is 0 Å². The van der Waals surface area contributed by atoms with Crippen molar-refractivity contribution in [1.29, 1.82) is 0 Å². The van der Waals surface area contributed by atoms with Gasteiger partial charge in [0.1, 0.15) is 11.2 Å². The number of carbonyl (C=O) groups excluding carboxylic acids is 3. The van der Waals surface area contributed by atoms with Crippen molar-refractivity contribution in [3.05, 3.63) is 69.7 Å². The molecule has 9 heteroatoms. The van der Waals surface area contributed by atoms with E-state index < -0.39 is 23.3 Å². The van der Waals surface area contributed by atoms with Gasteiger partial charge in [0, 0.05) is 33.6 Å². The number of nitrogens with one attached hydrogen (secondary N) is 2. The summed E-state index contributed by atoms with van der Waals surface area (Å²) in [7, 11) is 1.26. The summed E-state index contributed by atoms with van der Waals surface area (Å²) in [4.78, 5) is 38.3. The fourth-order valence-electron chi connectivity index (χ4n) is 4.83. The third-order valence-corrected chi connectivity index (χ3v) is 6.63. The Labute approximate surface area is 201 Å². The lowest BCUT2D eigenvalue weighted by atomic mass is 9.59. The molecule has 1 fully saturated rings. The number of esters is 1. The van der Waals surface area contributed by atoms with Gasteiger partial charge in [-0.3, -0.25) is 9.59 Å². The molecular weight excluding hydrogens is 467 g/mol. The van der Waals surface area contributed by atoms with E-state index in [9.17, 15) is 14.4 Å². The minimum absolute atomic E-state index is 0.00576. The fourth-order valence-corrected chi connectivity index (χ4v) is 5.18. The van der Waals surface area contributed by atoms with Crippen LogP contribution in [0.5, 0.6) is 5.75 Å². The highest BCUT2D eigenvalue weighted by atomic mass is 35.5. The Morgan fingerprint density at radius 1 is 1.18 bits per heavy atom. The van der Waals surface area contributed by atoms with Gasteiger partial charge in [0.2, 0.25) is 11.8 Å². The van der Waals surface area contributed by atoms with Crippen LogP contribution in [0.4, 0.5) is 5.69 Å². The van der Waals surface area contributed by atoms with Crippen molar-refractivity contribution in [2.24, 2.45) is 0 Å². The number of methoxy groups -OCH3 is 1. The topological polar surface area (TPSA) is 93.7 Å². The second-order valence-electron chi connectivity index (χ2n) is 8.16. The monoisotopic (exact) mass is 488 g/mol. The van der Waals surface area contributed by atoms with Crippen molar-refractivity contribution in [2.45, 2.75) is 30.7 Å². The van der Waals surface area contributed by atoms with Gasteiger partial charge in [0.25, 0.3) is 0 Å². The molecule has 1 saturated heterocycles. The van der Waals surface area contributed by atoms with E-state index in [-0.39, 0.29) is 24.8 Å². The second-order valence-corrected chi connectivity index (χ2v) is 9.04. The molecule has 2 aliphatic heterocycles. The quantitative estimate of drug-likeness (QED) is 0.490. The van der Waals surface area contributed by atoms with Crippen LogP contribution in [0.25, 0.3) is 0 Å². The number of ether oxygens (including phenoxy) is 2. The first-order chi connectivity index (χ1) is 15.7. The molecule has 0 unspecified atom stereocenters. The maximum atomic E-state index is 13.7. The average Bonchev–Trinajstić information content (AvgIpc) is 3.05. The van der Waals surface area contributed by atoms with Gasteiger partial charge < -0.3 is 20.1 Å². The van der Waals surface area contributed by atoms with Crippen LogP contribution in [0.1, 0.15) is 30.4 Å². The van der Waals surface area contributed by atoms with E-state index in [1.165, 1.54) is 7.11 Å². The fraction of sp³-hybridized carbons (Fsp3) is 0.292. The molecule has 2 amide bonds. The number of hydrogen-bond acceptors (Lipinski definition) is 5. The van der Waals surface area contributed by atoms with Crippen LogP contribution >= 0.6 is 23.2 Å². The molecule has 33 heavy (non-hydrogen) atoms. The van der Waals surface area contributed by atoms with Crippen molar-refractivity contribution in [2.75, 3.05) is 19.0 Å². The molecule has 172 valence electrons. The molecule has 0 bridgehead atoms. The van der Waals surface area contributed by atoms with Gasteiger partial charge in [-0.25, -0.2) is 4.79 Å². The summed E-state index contributed by atoms with van der Waals surface area (Å²) in [6.45, 7) is 5.49. The molecule has 2 aromatic carbocycles. The number of fused-ring (bicyclic) bond motifs is 2. The Morgan fingerprint density at radius 2 is 1.88 bits per heavy atom. The van der Waals surface area contributed by atoms with Crippen molar-refractivity contribution in [1.82, 2.24) is 5.32 Å². The minimum Gasteiger partial charge on any atom is -0.482 e. The summed E-state index contributed by atoms with van der Waals surface area (Å²) >= 11 is 12.5. The number of halogens is 2. The predicted octanol–water partition coefficient (Wildman–Crippen LogP) is 3.98. The van der Waals surface area contributed by atoms with E-state index in [1.807, 2.05) is 0 Å². The number of rotatable bonds is 5. The summed E-state index contributed by atoms with van der Waals surface area (Å²) in [6, 6.07) is 9.37. The molecule has 7 nitrogen and oxygen atoms in total. The summed E-state index contributed by atoms with van der Waals surface area (Å²) in [6.07, 6.45) is -0.00576.